The molecule has 0 aliphatic heterocycles. The van der Waals surface area contributed by atoms with Crippen molar-refractivity contribution in [1.29, 1.82) is 0 Å². The maximum atomic E-state index is 13.8. The minimum Gasteiger partial charge on any atom is -0.490 e. The van der Waals surface area contributed by atoms with Gasteiger partial charge in [0.2, 0.25) is 0 Å². The molecule has 0 atom stereocenters. The number of hydrogen-bond donors (Lipinski definition) is 2. The first-order valence-electron chi connectivity index (χ1n) is 8.96. The van der Waals surface area contributed by atoms with Gasteiger partial charge in [-0.15, -0.1) is 0 Å². The van der Waals surface area contributed by atoms with Crippen molar-refractivity contribution in [2.24, 2.45) is 5.92 Å². The molecule has 23 heavy (non-hydrogen) atoms. The molecule has 1 aromatic carbocycles. The van der Waals surface area contributed by atoms with E-state index in [1.807, 2.05) is 0 Å². The quantitative estimate of drug-likeness (QED) is 0.429. The van der Waals surface area contributed by atoms with E-state index in [1.165, 1.54) is 44.6 Å². The summed E-state index contributed by atoms with van der Waals surface area (Å²) in [5.74, 6) is 0.658. The Kier molecular flexibility index (Phi) is 6.70. The summed E-state index contributed by atoms with van der Waals surface area (Å²) in [5.41, 5.74) is 7.38. The average molecular weight is 322 g/mol. The summed E-state index contributed by atoms with van der Waals surface area (Å²) >= 11 is 0. The summed E-state index contributed by atoms with van der Waals surface area (Å²) in [5, 5.41) is 0. The van der Waals surface area contributed by atoms with Crippen LogP contribution >= 0.6 is 0 Å². The highest BCUT2D eigenvalue weighted by Crippen LogP contribution is 2.31. The average Bonchev–Trinajstić information content (AvgIpc) is 3.34. The fourth-order valence-electron chi connectivity index (χ4n) is 2.48. The van der Waals surface area contributed by atoms with E-state index >= 15 is 0 Å². The third-order valence-electron chi connectivity index (χ3n) is 4.30. The zero-order valence-corrected chi connectivity index (χ0v) is 14.8. The summed E-state index contributed by atoms with van der Waals surface area (Å²) in [6, 6.07) is 4.93. The largest absolute Gasteiger partial charge is 0.490 e. The molecule has 0 amide bonds. The number of rotatable bonds is 11. The standard InChI is InChI=1S/C19H31FN2O/c1-4-5-6-7-12-19(2,3)22-21-16-10-11-17(20)18(13-16)23-14-15-8-9-15/h10-11,13,15,21-22H,4-9,12,14H2,1-3H3. The number of hydrogen-bond acceptors (Lipinski definition) is 3. The molecule has 0 bridgehead atoms. The highest BCUT2D eigenvalue weighted by atomic mass is 19.1. The molecule has 0 radical (unpaired) electrons. The van der Waals surface area contributed by atoms with Gasteiger partial charge in [-0.3, -0.25) is 0 Å². The van der Waals surface area contributed by atoms with Crippen LogP contribution in [0.5, 0.6) is 5.75 Å². The second kappa shape index (κ2) is 8.53. The Balaban J connectivity index is 1.80. The second-order valence-electron chi connectivity index (χ2n) is 7.34. The lowest BCUT2D eigenvalue weighted by molar-refractivity contribution is 0.285. The van der Waals surface area contributed by atoms with Gasteiger partial charge in [0, 0.05) is 11.6 Å². The highest BCUT2D eigenvalue weighted by molar-refractivity contribution is 5.48. The zero-order valence-electron chi connectivity index (χ0n) is 14.8. The molecule has 1 aliphatic carbocycles. The molecular formula is C19H31FN2O. The van der Waals surface area contributed by atoms with E-state index in [4.69, 9.17) is 4.74 Å². The monoisotopic (exact) mass is 322 g/mol. The molecule has 0 saturated heterocycles. The molecule has 1 aromatic rings. The third kappa shape index (κ3) is 6.78. The number of anilines is 1. The van der Waals surface area contributed by atoms with Crippen LogP contribution in [0.25, 0.3) is 0 Å². The van der Waals surface area contributed by atoms with Crippen LogP contribution < -0.4 is 15.6 Å². The van der Waals surface area contributed by atoms with Crippen LogP contribution in [0.2, 0.25) is 0 Å². The number of hydrazine groups is 1. The predicted octanol–water partition coefficient (Wildman–Crippen LogP) is 5.28. The van der Waals surface area contributed by atoms with Crippen LogP contribution in [0.4, 0.5) is 10.1 Å². The van der Waals surface area contributed by atoms with Gasteiger partial charge >= 0.3 is 0 Å². The number of halogens is 1. The van der Waals surface area contributed by atoms with Gasteiger partial charge in [0.1, 0.15) is 0 Å². The van der Waals surface area contributed by atoms with E-state index < -0.39 is 0 Å². The third-order valence-corrected chi connectivity index (χ3v) is 4.30. The Hall–Kier alpha value is -1.29. The fourth-order valence-corrected chi connectivity index (χ4v) is 2.48. The van der Waals surface area contributed by atoms with Crippen LogP contribution in [-0.4, -0.2) is 12.1 Å². The maximum Gasteiger partial charge on any atom is 0.165 e. The van der Waals surface area contributed by atoms with Gasteiger partial charge in [-0.05, 0) is 51.2 Å². The number of unbranched alkanes of at least 4 members (excludes halogenated alkanes) is 3. The van der Waals surface area contributed by atoms with Crippen molar-refractivity contribution in [1.82, 2.24) is 5.43 Å². The molecule has 1 aliphatic rings. The SMILES string of the molecule is CCCCCCC(C)(C)NNc1ccc(F)c(OCC2CC2)c1. The number of benzene rings is 1. The number of ether oxygens (including phenoxy) is 1. The smallest absolute Gasteiger partial charge is 0.165 e. The predicted molar refractivity (Wildman–Crippen MR) is 94.2 cm³/mol. The van der Waals surface area contributed by atoms with E-state index in [1.54, 1.807) is 12.1 Å². The summed E-state index contributed by atoms with van der Waals surface area (Å²) < 4.78 is 19.4. The topological polar surface area (TPSA) is 33.3 Å². The van der Waals surface area contributed by atoms with E-state index in [2.05, 4.69) is 31.6 Å². The van der Waals surface area contributed by atoms with Crippen LogP contribution in [0.1, 0.15) is 65.7 Å². The molecule has 0 heterocycles. The van der Waals surface area contributed by atoms with Crippen LogP contribution in [-0.2, 0) is 0 Å². The van der Waals surface area contributed by atoms with Crippen molar-refractivity contribution in [3.05, 3.63) is 24.0 Å². The Morgan fingerprint density at radius 1 is 1.22 bits per heavy atom. The molecule has 0 aromatic heterocycles. The first-order valence-corrected chi connectivity index (χ1v) is 8.96. The number of nitrogens with one attached hydrogen (secondary N) is 2. The lowest BCUT2D eigenvalue weighted by Gasteiger charge is -2.27. The molecule has 130 valence electrons. The maximum absolute atomic E-state index is 13.8. The van der Waals surface area contributed by atoms with E-state index in [9.17, 15) is 4.39 Å². The van der Waals surface area contributed by atoms with Crippen LogP contribution in [0.3, 0.4) is 0 Å². The molecule has 3 nitrogen and oxygen atoms in total. The second-order valence-corrected chi connectivity index (χ2v) is 7.34. The van der Waals surface area contributed by atoms with Gasteiger partial charge in [0.05, 0.1) is 12.3 Å². The summed E-state index contributed by atoms with van der Waals surface area (Å²) in [6.45, 7) is 7.21. The molecule has 0 spiro atoms. The molecular weight excluding hydrogens is 291 g/mol. The van der Waals surface area contributed by atoms with E-state index in [-0.39, 0.29) is 11.4 Å². The van der Waals surface area contributed by atoms with Crippen molar-refractivity contribution < 1.29 is 9.13 Å². The van der Waals surface area contributed by atoms with Crippen LogP contribution in [0.15, 0.2) is 18.2 Å². The molecule has 1 fully saturated rings. The normalized spacial score (nSPS) is 14.8. The van der Waals surface area contributed by atoms with E-state index in [0.717, 1.165) is 12.1 Å². The minimum atomic E-state index is -0.296. The van der Waals surface area contributed by atoms with Gasteiger partial charge in [0.25, 0.3) is 0 Å². The Morgan fingerprint density at radius 2 is 2.00 bits per heavy atom. The Bertz CT molecular complexity index is 486. The molecule has 4 heteroatoms. The highest BCUT2D eigenvalue weighted by Gasteiger charge is 2.22. The van der Waals surface area contributed by atoms with Gasteiger partial charge in [-0.1, -0.05) is 32.6 Å². The van der Waals surface area contributed by atoms with Crippen molar-refractivity contribution in [2.45, 2.75) is 71.3 Å². The lowest BCUT2D eigenvalue weighted by atomic mass is 9.97. The zero-order chi connectivity index (χ0) is 16.7. The van der Waals surface area contributed by atoms with Crippen molar-refractivity contribution in [3.63, 3.8) is 0 Å². The van der Waals surface area contributed by atoms with Gasteiger partial charge in [0.15, 0.2) is 11.6 Å². The first kappa shape index (κ1) is 18.1. The Morgan fingerprint density at radius 3 is 2.70 bits per heavy atom. The van der Waals surface area contributed by atoms with Crippen molar-refractivity contribution >= 4 is 5.69 Å². The van der Waals surface area contributed by atoms with E-state index in [0.29, 0.717) is 18.3 Å². The van der Waals surface area contributed by atoms with Gasteiger partial charge < -0.3 is 10.2 Å². The van der Waals surface area contributed by atoms with Crippen LogP contribution in [0, 0.1) is 11.7 Å². The summed E-state index contributed by atoms with van der Waals surface area (Å²) in [6.07, 6.45) is 8.55. The Labute approximate surface area is 140 Å². The fraction of sp³-hybridized carbons (Fsp3) is 0.684. The molecule has 2 rings (SSSR count). The summed E-state index contributed by atoms with van der Waals surface area (Å²) in [7, 11) is 0. The first-order chi connectivity index (χ1) is 11.0. The molecule has 2 N–H and O–H groups in total. The van der Waals surface area contributed by atoms with Gasteiger partial charge in [-0.2, -0.15) is 0 Å². The summed E-state index contributed by atoms with van der Waals surface area (Å²) in [4.78, 5) is 0. The van der Waals surface area contributed by atoms with Crippen molar-refractivity contribution in [3.8, 4) is 5.75 Å². The molecule has 1 saturated carbocycles. The lowest BCUT2D eigenvalue weighted by Crippen LogP contribution is -2.42. The minimum absolute atomic E-state index is 0.00282. The van der Waals surface area contributed by atoms with Gasteiger partial charge in [-0.25, -0.2) is 9.82 Å². The van der Waals surface area contributed by atoms with Crippen molar-refractivity contribution in [2.75, 3.05) is 12.0 Å². The molecule has 0 unspecified atom stereocenters.